The molecule has 7 heteroatoms. The van der Waals surface area contributed by atoms with Gasteiger partial charge in [0.15, 0.2) is 0 Å². The summed E-state index contributed by atoms with van der Waals surface area (Å²) >= 11 is 0. The van der Waals surface area contributed by atoms with Crippen molar-refractivity contribution in [3.8, 4) is 0 Å². The zero-order valence-corrected chi connectivity index (χ0v) is 12.1. The molecule has 1 unspecified atom stereocenters. The molecule has 0 spiro atoms. The van der Waals surface area contributed by atoms with Crippen molar-refractivity contribution in [3.05, 3.63) is 17.0 Å². The number of rotatable bonds is 2. The number of aromatic amines is 1. The Morgan fingerprint density at radius 3 is 2.80 bits per heavy atom. The zero-order chi connectivity index (χ0) is 14.7. The fraction of sp³-hybridized carbons (Fsp3) is 0.615. The van der Waals surface area contributed by atoms with Crippen molar-refractivity contribution in [1.82, 2.24) is 25.7 Å². The van der Waals surface area contributed by atoms with Crippen LogP contribution in [-0.4, -0.2) is 46.7 Å². The number of amides is 3. The minimum absolute atomic E-state index is 0.00475. The van der Waals surface area contributed by atoms with E-state index in [2.05, 4.69) is 20.8 Å². The number of hydrogen-bond acceptors (Lipinski definition) is 3. The van der Waals surface area contributed by atoms with Gasteiger partial charge >= 0.3 is 6.03 Å². The van der Waals surface area contributed by atoms with Gasteiger partial charge in [-0.05, 0) is 20.8 Å². The van der Waals surface area contributed by atoms with Crippen LogP contribution in [0, 0.1) is 13.8 Å². The number of carbonyl (C=O) groups is 2. The summed E-state index contributed by atoms with van der Waals surface area (Å²) in [6.45, 7) is 7.28. The first-order chi connectivity index (χ1) is 9.49. The van der Waals surface area contributed by atoms with Crippen LogP contribution in [0.5, 0.6) is 0 Å². The minimum Gasteiger partial charge on any atom is -0.354 e. The molecule has 0 bridgehead atoms. The van der Waals surface area contributed by atoms with Crippen molar-refractivity contribution in [1.29, 1.82) is 0 Å². The predicted octanol–water partition coefficient (Wildman–Crippen LogP) is 0.619. The molecule has 0 aliphatic carbocycles. The van der Waals surface area contributed by atoms with E-state index in [0.29, 0.717) is 26.1 Å². The molecule has 0 aromatic carbocycles. The van der Waals surface area contributed by atoms with Gasteiger partial charge < -0.3 is 15.5 Å². The van der Waals surface area contributed by atoms with E-state index in [0.717, 1.165) is 17.0 Å². The van der Waals surface area contributed by atoms with Gasteiger partial charge in [0.05, 0.1) is 11.7 Å². The van der Waals surface area contributed by atoms with Gasteiger partial charge in [0, 0.05) is 37.3 Å². The first-order valence-electron chi connectivity index (χ1n) is 6.82. The fourth-order valence-corrected chi connectivity index (χ4v) is 2.52. The Labute approximate surface area is 118 Å². The lowest BCUT2D eigenvalue weighted by Crippen LogP contribution is -2.42. The Morgan fingerprint density at radius 2 is 2.15 bits per heavy atom. The molecule has 1 fully saturated rings. The second kappa shape index (κ2) is 5.94. The summed E-state index contributed by atoms with van der Waals surface area (Å²) in [5, 5.41) is 12.8. The largest absolute Gasteiger partial charge is 0.354 e. The van der Waals surface area contributed by atoms with Crippen LogP contribution in [0.4, 0.5) is 4.79 Å². The molecular formula is C13H21N5O2. The molecule has 1 aliphatic heterocycles. The first kappa shape index (κ1) is 14.4. The number of hydrogen-bond donors (Lipinski definition) is 3. The molecule has 1 aliphatic rings. The molecule has 1 aromatic heterocycles. The summed E-state index contributed by atoms with van der Waals surface area (Å²) < 4.78 is 0. The number of nitrogens with one attached hydrogen (secondary N) is 3. The Balaban J connectivity index is 1.99. The molecule has 3 N–H and O–H groups in total. The van der Waals surface area contributed by atoms with E-state index in [9.17, 15) is 9.59 Å². The molecule has 2 heterocycles. The van der Waals surface area contributed by atoms with Gasteiger partial charge in [0.25, 0.3) is 0 Å². The van der Waals surface area contributed by atoms with E-state index < -0.39 is 0 Å². The number of carbonyl (C=O) groups excluding carboxylic acids is 2. The molecule has 1 saturated heterocycles. The summed E-state index contributed by atoms with van der Waals surface area (Å²) in [6.07, 6.45) is 0.353. The predicted molar refractivity (Wildman–Crippen MR) is 74.2 cm³/mol. The van der Waals surface area contributed by atoms with Gasteiger partial charge in [-0.15, -0.1) is 0 Å². The van der Waals surface area contributed by atoms with Crippen molar-refractivity contribution < 1.29 is 9.59 Å². The minimum atomic E-state index is -0.144. The van der Waals surface area contributed by atoms with Crippen LogP contribution < -0.4 is 10.6 Å². The highest BCUT2D eigenvalue weighted by atomic mass is 16.2. The Kier molecular flexibility index (Phi) is 4.26. The Bertz CT molecular complexity index is 491. The van der Waals surface area contributed by atoms with Gasteiger partial charge in [-0.3, -0.25) is 9.89 Å². The van der Waals surface area contributed by atoms with Crippen LogP contribution in [-0.2, 0) is 4.79 Å². The van der Waals surface area contributed by atoms with E-state index >= 15 is 0 Å². The van der Waals surface area contributed by atoms with Crippen LogP contribution in [0.3, 0.4) is 0 Å². The number of nitrogens with zero attached hydrogens (tertiary/aromatic N) is 2. The monoisotopic (exact) mass is 279 g/mol. The third-order valence-corrected chi connectivity index (χ3v) is 3.56. The number of H-pyrrole nitrogens is 1. The Morgan fingerprint density at radius 1 is 1.40 bits per heavy atom. The zero-order valence-electron chi connectivity index (χ0n) is 12.1. The van der Waals surface area contributed by atoms with Gasteiger partial charge in [-0.2, -0.15) is 5.10 Å². The van der Waals surface area contributed by atoms with E-state index in [-0.39, 0.29) is 18.0 Å². The van der Waals surface area contributed by atoms with Gasteiger partial charge in [0.1, 0.15) is 0 Å². The van der Waals surface area contributed by atoms with Gasteiger partial charge in [-0.1, -0.05) is 0 Å². The molecule has 3 amide bonds. The molecule has 20 heavy (non-hydrogen) atoms. The molecule has 110 valence electrons. The van der Waals surface area contributed by atoms with Crippen LogP contribution in [0.15, 0.2) is 0 Å². The normalized spacial score (nSPS) is 17.4. The Hall–Kier alpha value is -2.05. The highest BCUT2D eigenvalue weighted by Crippen LogP contribution is 2.19. The summed E-state index contributed by atoms with van der Waals surface area (Å²) in [4.78, 5) is 25.2. The van der Waals surface area contributed by atoms with Crippen molar-refractivity contribution in [2.45, 2.75) is 33.2 Å². The number of urea groups is 1. The fourth-order valence-electron chi connectivity index (χ4n) is 2.52. The molecule has 2 rings (SSSR count). The van der Waals surface area contributed by atoms with Crippen molar-refractivity contribution in [2.24, 2.45) is 0 Å². The van der Waals surface area contributed by atoms with E-state index in [1.807, 2.05) is 20.8 Å². The summed E-state index contributed by atoms with van der Waals surface area (Å²) in [5.74, 6) is -0.00475. The maximum Gasteiger partial charge on any atom is 0.317 e. The molecule has 7 nitrogen and oxygen atoms in total. The van der Waals surface area contributed by atoms with Crippen molar-refractivity contribution in [2.75, 3.05) is 19.6 Å². The number of aryl methyl sites for hydroxylation is 2. The first-order valence-corrected chi connectivity index (χ1v) is 6.82. The van der Waals surface area contributed by atoms with Crippen LogP contribution >= 0.6 is 0 Å². The van der Waals surface area contributed by atoms with Gasteiger partial charge in [0.2, 0.25) is 5.91 Å². The second-order valence-electron chi connectivity index (χ2n) is 5.11. The molecule has 0 radical (unpaired) electrons. The van der Waals surface area contributed by atoms with Crippen LogP contribution in [0.2, 0.25) is 0 Å². The lowest BCUT2D eigenvalue weighted by molar-refractivity contribution is -0.120. The quantitative estimate of drug-likeness (QED) is 0.741. The highest BCUT2D eigenvalue weighted by molar-refractivity contribution is 5.79. The standard InChI is InChI=1S/C13H21N5O2/c1-8(12-9(2)16-17-10(12)3)15-13(20)18-6-4-11(19)14-5-7-18/h8H,4-7H2,1-3H3,(H,14,19)(H,15,20)(H,16,17). The molecule has 1 atom stereocenters. The van der Waals surface area contributed by atoms with Crippen LogP contribution in [0.25, 0.3) is 0 Å². The van der Waals surface area contributed by atoms with E-state index in [1.165, 1.54) is 0 Å². The molecular weight excluding hydrogens is 258 g/mol. The smallest absolute Gasteiger partial charge is 0.317 e. The van der Waals surface area contributed by atoms with Crippen molar-refractivity contribution >= 4 is 11.9 Å². The summed E-state index contributed by atoms with van der Waals surface area (Å²) in [7, 11) is 0. The van der Waals surface area contributed by atoms with E-state index in [4.69, 9.17) is 0 Å². The average molecular weight is 279 g/mol. The third kappa shape index (κ3) is 3.09. The highest BCUT2D eigenvalue weighted by Gasteiger charge is 2.22. The second-order valence-corrected chi connectivity index (χ2v) is 5.11. The summed E-state index contributed by atoms with van der Waals surface area (Å²) in [5.41, 5.74) is 2.87. The molecule has 0 saturated carbocycles. The lowest BCUT2D eigenvalue weighted by atomic mass is 10.1. The lowest BCUT2D eigenvalue weighted by Gasteiger charge is -2.23. The van der Waals surface area contributed by atoms with E-state index in [1.54, 1.807) is 4.90 Å². The van der Waals surface area contributed by atoms with Gasteiger partial charge in [-0.25, -0.2) is 4.79 Å². The maximum atomic E-state index is 12.2. The maximum absolute atomic E-state index is 12.2. The third-order valence-electron chi connectivity index (χ3n) is 3.56. The van der Waals surface area contributed by atoms with Crippen LogP contribution in [0.1, 0.15) is 36.3 Å². The molecule has 1 aromatic rings. The SMILES string of the molecule is Cc1n[nH]c(C)c1C(C)NC(=O)N1CCNC(=O)CC1. The average Bonchev–Trinajstić information content (AvgIpc) is 2.60. The summed E-state index contributed by atoms with van der Waals surface area (Å²) in [6, 6.07) is -0.262. The number of aromatic nitrogens is 2. The topological polar surface area (TPSA) is 90.1 Å². The van der Waals surface area contributed by atoms with Crippen molar-refractivity contribution in [3.63, 3.8) is 0 Å².